The van der Waals surface area contributed by atoms with Gasteiger partial charge in [-0.3, -0.25) is 24.0 Å². The number of aryl methyl sites for hydroxylation is 2. The number of hydrogen-bond donors (Lipinski definition) is 1. The monoisotopic (exact) mass is 624 g/mol. The van der Waals surface area contributed by atoms with Crippen LogP contribution < -0.4 is 14.4 Å². The van der Waals surface area contributed by atoms with Crippen molar-refractivity contribution >= 4 is 33.2 Å². The first-order valence-corrected chi connectivity index (χ1v) is 15.8. The molecule has 0 unspecified atom stereocenters. The van der Waals surface area contributed by atoms with E-state index in [0.717, 1.165) is 21.5 Å². The van der Waals surface area contributed by atoms with Crippen molar-refractivity contribution in [3.63, 3.8) is 0 Å². The Morgan fingerprint density at radius 2 is 1.64 bits per heavy atom. The average molecular weight is 625 g/mol. The van der Waals surface area contributed by atoms with Crippen LogP contribution in [-0.2, 0) is 26.2 Å². The van der Waals surface area contributed by atoms with Crippen molar-refractivity contribution in [1.82, 2.24) is 10.2 Å². The van der Waals surface area contributed by atoms with Gasteiger partial charge in [-0.05, 0) is 62.1 Å². The van der Waals surface area contributed by atoms with E-state index in [0.29, 0.717) is 24.3 Å². The quantitative estimate of drug-likeness (QED) is 0.197. The van der Waals surface area contributed by atoms with Crippen LogP contribution in [0.25, 0.3) is 0 Å². The minimum Gasteiger partial charge on any atom is -0.497 e. The number of sulfonamides is 1. The van der Waals surface area contributed by atoms with E-state index in [4.69, 9.17) is 4.74 Å². The Hall–Kier alpha value is -4.45. The zero-order valence-corrected chi connectivity index (χ0v) is 26.8. The van der Waals surface area contributed by atoms with Gasteiger partial charge in [-0.2, -0.15) is 0 Å². The molecule has 0 bridgehead atoms. The molecule has 0 radical (unpaired) electrons. The third-order valence-corrected chi connectivity index (χ3v) is 8.92. The summed E-state index contributed by atoms with van der Waals surface area (Å²) in [5.74, 6) is -0.294. The number of carbonyl (C=O) groups is 2. The van der Waals surface area contributed by atoms with E-state index in [-0.39, 0.29) is 34.6 Å². The zero-order valence-electron chi connectivity index (χ0n) is 25.9. The molecule has 0 spiro atoms. The molecular weight excluding hydrogens is 584 g/mol. The third-order valence-electron chi connectivity index (χ3n) is 7.15. The first kappa shape index (κ1) is 34.0. The van der Waals surface area contributed by atoms with Gasteiger partial charge in [0.15, 0.2) is 0 Å². The van der Waals surface area contributed by atoms with Crippen molar-refractivity contribution in [1.29, 1.82) is 0 Å². The standard InChI is InChI=1S/C32H40N4O7S/c1-7-29(32(38)33-19-22(2)3)34(20-25-11-8-23(4)9-12-25)31(37)21-35(26-13-15-27(43-6)16-14-26)44(41,42)28-17-10-24(5)30(18-28)36(39)40/h8-18,22,29H,7,19-21H2,1-6H3,(H,33,38)/t29-/m0/s1. The summed E-state index contributed by atoms with van der Waals surface area (Å²) in [7, 11) is -3.02. The van der Waals surface area contributed by atoms with Crippen LogP contribution >= 0.6 is 0 Å². The molecule has 0 fully saturated rings. The summed E-state index contributed by atoms with van der Waals surface area (Å²) in [5, 5.41) is 14.5. The Morgan fingerprint density at radius 3 is 2.18 bits per heavy atom. The predicted octanol–water partition coefficient (Wildman–Crippen LogP) is 5.00. The number of nitro benzene ring substituents is 1. The van der Waals surface area contributed by atoms with E-state index < -0.39 is 33.4 Å². The van der Waals surface area contributed by atoms with Gasteiger partial charge in [-0.15, -0.1) is 0 Å². The topological polar surface area (TPSA) is 139 Å². The number of methoxy groups -OCH3 is 1. The molecular formula is C32H40N4O7S. The molecule has 1 atom stereocenters. The zero-order chi connectivity index (χ0) is 32.6. The van der Waals surface area contributed by atoms with Gasteiger partial charge in [-0.1, -0.05) is 56.7 Å². The van der Waals surface area contributed by atoms with Crippen molar-refractivity contribution in [2.75, 3.05) is 24.5 Å². The van der Waals surface area contributed by atoms with Gasteiger partial charge in [0.25, 0.3) is 15.7 Å². The molecule has 3 rings (SSSR count). The largest absolute Gasteiger partial charge is 0.497 e. The third kappa shape index (κ3) is 8.34. The number of anilines is 1. The first-order valence-electron chi connectivity index (χ1n) is 14.3. The molecule has 1 N–H and O–H groups in total. The van der Waals surface area contributed by atoms with Crippen molar-refractivity contribution in [2.45, 2.75) is 58.5 Å². The fraction of sp³-hybridized carbons (Fsp3) is 0.375. The molecule has 0 aliphatic carbocycles. The molecule has 0 saturated heterocycles. The van der Waals surface area contributed by atoms with E-state index in [1.807, 2.05) is 45.0 Å². The fourth-order valence-corrected chi connectivity index (χ4v) is 6.02. The van der Waals surface area contributed by atoms with Gasteiger partial charge in [0.05, 0.1) is 22.6 Å². The fourth-order valence-electron chi connectivity index (χ4n) is 4.58. The number of carbonyl (C=O) groups excluding carboxylic acids is 2. The van der Waals surface area contributed by atoms with Crippen LogP contribution in [0.1, 0.15) is 43.9 Å². The first-order chi connectivity index (χ1) is 20.8. The summed E-state index contributed by atoms with van der Waals surface area (Å²) in [5.41, 5.74) is 1.88. The number of nitrogens with zero attached hydrogens (tertiary/aromatic N) is 3. The van der Waals surface area contributed by atoms with Gasteiger partial charge >= 0.3 is 0 Å². The van der Waals surface area contributed by atoms with Crippen LogP contribution in [0, 0.1) is 29.9 Å². The molecule has 44 heavy (non-hydrogen) atoms. The molecule has 0 aliphatic heterocycles. The molecule has 11 nitrogen and oxygen atoms in total. The van der Waals surface area contributed by atoms with E-state index in [1.165, 1.54) is 43.2 Å². The van der Waals surface area contributed by atoms with Gasteiger partial charge in [0.2, 0.25) is 11.8 Å². The van der Waals surface area contributed by atoms with Crippen LogP contribution in [0.5, 0.6) is 5.75 Å². The van der Waals surface area contributed by atoms with E-state index in [2.05, 4.69) is 5.32 Å². The maximum Gasteiger partial charge on any atom is 0.273 e. The van der Waals surface area contributed by atoms with Crippen LogP contribution in [0.4, 0.5) is 11.4 Å². The predicted molar refractivity (Wildman–Crippen MR) is 169 cm³/mol. The van der Waals surface area contributed by atoms with Crippen molar-refractivity contribution in [3.05, 3.63) is 93.5 Å². The minimum absolute atomic E-state index is 0.0687. The van der Waals surface area contributed by atoms with Crippen molar-refractivity contribution in [2.24, 2.45) is 5.92 Å². The summed E-state index contributed by atoms with van der Waals surface area (Å²) in [6.07, 6.45) is 0.293. The van der Waals surface area contributed by atoms with Crippen LogP contribution in [0.2, 0.25) is 0 Å². The number of hydrogen-bond acceptors (Lipinski definition) is 7. The highest BCUT2D eigenvalue weighted by Gasteiger charge is 2.34. The summed E-state index contributed by atoms with van der Waals surface area (Å²) >= 11 is 0. The maximum atomic E-state index is 14.2. The number of ether oxygens (including phenoxy) is 1. The minimum atomic E-state index is -4.49. The second kappa shape index (κ2) is 14.8. The number of benzene rings is 3. The highest BCUT2D eigenvalue weighted by atomic mass is 32.2. The smallest absolute Gasteiger partial charge is 0.273 e. The molecule has 0 aromatic heterocycles. The average Bonchev–Trinajstić information content (AvgIpc) is 2.99. The summed E-state index contributed by atoms with van der Waals surface area (Å²) in [4.78, 5) is 39.5. The molecule has 0 aliphatic rings. The molecule has 3 aromatic rings. The molecule has 12 heteroatoms. The highest BCUT2D eigenvalue weighted by Crippen LogP contribution is 2.29. The van der Waals surface area contributed by atoms with Crippen LogP contribution in [0.3, 0.4) is 0 Å². The summed E-state index contributed by atoms with van der Waals surface area (Å²) < 4.78 is 34.3. The van der Waals surface area contributed by atoms with E-state index in [9.17, 15) is 28.1 Å². The lowest BCUT2D eigenvalue weighted by atomic mass is 10.1. The normalized spacial score (nSPS) is 12.0. The maximum absolute atomic E-state index is 14.2. The molecule has 236 valence electrons. The number of rotatable bonds is 14. The summed E-state index contributed by atoms with van der Waals surface area (Å²) in [6, 6.07) is 16.4. The second-order valence-corrected chi connectivity index (χ2v) is 12.8. The van der Waals surface area contributed by atoms with Crippen LogP contribution in [-0.4, -0.2) is 56.3 Å². The Labute approximate surface area is 259 Å². The number of nitro groups is 1. The highest BCUT2D eigenvalue weighted by molar-refractivity contribution is 7.92. The van der Waals surface area contributed by atoms with Gasteiger partial charge in [-0.25, -0.2) is 8.42 Å². The van der Waals surface area contributed by atoms with Crippen LogP contribution in [0.15, 0.2) is 71.6 Å². The second-order valence-electron chi connectivity index (χ2n) is 11.0. The lowest BCUT2D eigenvalue weighted by molar-refractivity contribution is -0.385. The number of amides is 2. The Bertz CT molecular complexity index is 1570. The van der Waals surface area contributed by atoms with E-state index in [1.54, 1.807) is 19.1 Å². The van der Waals surface area contributed by atoms with Gasteiger partial charge < -0.3 is 15.0 Å². The summed E-state index contributed by atoms with van der Waals surface area (Å²) in [6.45, 7) is 8.99. The van der Waals surface area contributed by atoms with Crippen molar-refractivity contribution < 1.29 is 27.7 Å². The molecule has 3 aromatic carbocycles. The van der Waals surface area contributed by atoms with Gasteiger partial charge in [0, 0.05) is 24.7 Å². The lowest BCUT2D eigenvalue weighted by Gasteiger charge is -2.33. The Morgan fingerprint density at radius 1 is 1.00 bits per heavy atom. The Balaban J connectivity index is 2.10. The molecule has 0 heterocycles. The SMILES string of the molecule is CC[C@@H](C(=O)NCC(C)C)N(Cc1ccc(C)cc1)C(=O)CN(c1ccc(OC)cc1)S(=O)(=O)c1ccc(C)c([N+](=O)[O-])c1. The van der Waals surface area contributed by atoms with Gasteiger partial charge in [0.1, 0.15) is 18.3 Å². The van der Waals surface area contributed by atoms with E-state index >= 15 is 0 Å². The molecule has 2 amide bonds. The Kier molecular flexibility index (Phi) is 11.5. The van der Waals surface area contributed by atoms with Crippen molar-refractivity contribution in [3.8, 4) is 5.75 Å². The molecule has 0 saturated carbocycles. The lowest BCUT2D eigenvalue weighted by Crippen LogP contribution is -2.52. The number of nitrogens with one attached hydrogen (secondary N) is 1.